The van der Waals surface area contributed by atoms with Crippen molar-refractivity contribution in [3.05, 3.63) is 65.5 Å². The van der Waals surface area contributed by atoms with Crippen molar-refractivity contribution >= 4 is 5.97 Å². The number of hydrogen-bond donors (Lipinski definition) is 1. The maximum absolute atomic E-state index is 13.2. The highest BCUT2D eigenvalue weighted by Crippen LogP contribution is 2.22. The minimum Gasteiger partial charge on any atom is -0.492 e. The van der Waals surface area contributed by atoms with Gasteiger partial charge in [-0.2, -0.15) is 0 Å². The predicted octanol–water partition coefficient (Wildman–Crippen LogP) is 3.38. The summed E-state index contributed by atoms with van der Waals surface area (Å²) in [5.74, 6) is -1.78. The summed E-state index contributed by atoms with van der Waals surface area (Å²) in [6.45, 7) is 1.75. The van der Waals surface area contributed by atoms with E-state index in [2.05, 4.69) is 0 Å². The molecular weight excluding hydrogens is 259 g/mol. The highest BCUT2D eigenvalue weighted by molar-refractivity contribution is 5.76. The number of carbonyl (C=O) groups is 1. The lowest BCUT2D eigenvalue weighted by atomic mass is 10.0. The highest BCUT2D eigenvalue weighted by Gasteiger charge is 2.20. The number of halogens is 1. The molecule has 1 unspecified atom stereocenters. The molecule has 1 N–H and O–H groups in total. The first-order chi connectivity index (χ1) is 9.58. The quantitative estimate of drug-likeness (QED) is 0.909. The van der Waals surface area contributed by atoms with E-state index >= 15 is 0 Å². The number of aryl methyl sites for hydroxylation is 1. The van der Waals surface area contributed by atoms with Gasteiger partial charge in [0, 0.05) is 6.07 Å². The molecule has 2 aromatic rings. The minimum atomic E-state index is -0.967. The molecule has 2 aromatic carbocycles. The molecule has 0 saturated heterocycles. The number of carboxylic acid groups (broad SMARTS) is 1. The van der Waals surface area contributed by atoms with Gasteiger partial charge in [0.15, 0.2) is 0 Å². The largest absolute Gasteiger partial charge is 0.492 e. The van der Waals surface area contributed by atoms with E-state index in [4.69, 9.17) is 4.74 Å². The Balaban J connectivity index is 2.14. The summed E-state index contributed by atoms with van der Waals surface area (Å²) < 4.78 is 18.6. The molecule has 0 bridgehead atoms. The third-order valence-electron chi connectivity index (χ3n) is 3.06. The van der Waals surface area contributed by atoms with E-state index in [1.165, 1.54) is 12.1 Å². The summed E-state index contributed by atoms with van der Waals surface area (Å²) in [7, 11) is 0. The Kier molecular flexibility index (Phi) is 4.35. The average Bonchev–Trinajstić information content (AvgIpc) is 2.43. The molecule has 3 nitrogen and oxygen atoms in total. The summed E-state index contributed by atoms with van der Waals surface area (Å²) in [6.07, 6.45) is 0. The minimum absolute atomic E-state index is 0.0381. The maximum atomic E-state index is 13.2. The van der Waals surface area contributed by atoms with Crippen molar-refractivity contribution in [2.45, 2.75) is 12.8 Å². The van der Waals surface area contributed by atoms with Gasteiger partial charge in [0.1, 0.15) is 24.1 Å². The van der Waals surface area contributed by atoms with Gasteiger partial charge in [0.25, 0.3) is 0 Å². The maximum Gasteiger partial charge on any atom is 0.314 e. The molecule has 0 aliphatic rings. The fourth-order valence-electron chi connectivity index (χ4n) is 1.90. The van der Waals surface area contributed by atoms with E-state index in [0.29, 0.717) is 11.3 Å². The van der Waals surface area contributed by atoms with Crippen LogP contribution in [0.15, 0.2) is 48.5 Å². The second kappa shape index (κ2) is 6.19. The lowest BCUT2D eigenvalue weighted by Crippen LogP contribution is -2.19. The van der Waals surface area contributed by atoms with Gasteiger partial charge < -0.3 is 9.84 Å². The van der Waals surface area contributed by atoms with Crippen molar-refractivity contribution in [1.29, 1.82) is 0 Å². The van der Waals surface area contributed by atoms with Crippen molar-refractivity contribution in [1.82, 2.24) is 0 Å². The van der Waals surface area contributed by atoms with Crippen LogP contribution in [0.5, 0.6) is 5.75 Å². The van der Waals surface area contributed by atoms with E-state index in [9.17, 15) is 14.3 Å². The van der Waals surface area contributed by atoms with Crippen LogP contribution < -0.4 is 4.74 Å². The number of aliphatic carboxylic acids is 1. The first-order valence-electron chi connectivity index (χ1n) is 6.24. The van der Waals surface area contributed by atoms with E-state index in [0.717, 1.165) is 5.56 Å². The van der Waals surface area contributed by atoms with Crippen LogP contribution in [-0.2, 0) is 4.79 Å². The Morgan fingerprint density at radius 1 is 1.25 bits per heavy atom. The third-order valence-corrected chi connectivity index (χ3v) is 3.06. The average molecular weight is 274 g/mol. The van der Waals surface area contributed by atoms with E-state index in [1.54, 1.807) is 37.3 Å². The Morgan fingerprint density at radius 3 is 2.60 bits per heavy atom. The molecule has 4 heteroatoms. The van der Waals surface area contributed by atoms with Crippen molar-refractivity contribution < 1.29 is 19.0 Å². The van der Waals surface area contributed by atoms with Crippen LogP contribution in [0.25, 0.3) is 0 Å². The monoisotopic (exact) mass is 274 g/mol. The second-order valence-corrected chi connectivity index (χ2v) is 4.52. The van der Waals surface area contributed by atoms with E-state index in [-0.39, 0.29) is 6.61 Å². The fourth-order valence-corrected chi connectivity index (χ4v) is 1.90. The van der Waals surface area contributed by atoms with Crippen LogP contribution in [0, 0.1) is 12.7 Å². The molecule has 0 aliphatic heterocycles. The van der Waals surface area contributed by atoms with Gasteiger partial charge in [-0.25, -0.2) is 4.39 Å². The zero-order valence-electron chi connectivity index (χ0n) is 11.0. The number of hydrogen-bond acceptors (Lipinski definition) is 2. The van der Waals surface area contributed by atoms with E-state index in [1.807, 2.05) is 6.07 Å². The van der Waals surface area contributed by atoms with Gasteiger partial charge in [-0.3, -0.25) is 4.79 Å². The first kappa shape index (κ1) is 14.1. The molecule has 0 aliphatic carbocycles. The van der Waals surface area contributed by atoms with Crippen LogP contribution in [0.1, 0.15) is 17.0 Å². The Bertz CT molecular complexity index is 596. The lowest BCUT2D eigenvalue weighted by Gasteiger charge is -2.15. The smallest absolute Gasteiger partial charge is 0.314 e. The van der Waals surface area contributed by atoms with Crippen LogP contribution >= 0.6 is 0 Å². The summed E-state index contributed by atoms with van der Waals surface area (Å²) in [5.41, 5.74) is 1.43. The molecule has 0 radical (unpaired) electrons. The highest BCUT2D eigenvalue weighted by atomic mass is 19.1. The Hall–Kier alpha value is -2.36. The van der Waals surface area contributed by atoms with Gasteiger partial charge >= 0.3 is 5.97 Å². The number of rotatable bonds is 5. The van der Waals surface area contributed by atoms with Gasteiger partial charge in [-0.15, -0.1) is 0 Å². The number of ether oxygens (including phenoxy) is 1. The second-order valence-electron chi connectivity index (χ2n) is 4.52. The number of benzene rings is 2. The Morgan fingerprint density at radius 2 is 1.95 bits per heavy atom. The van der Waals surface area contributed by atoms with Crippen LogP contribution in [-0.4, -0.2) is 17.7 Å². The molecule has 0 saturated carbocycles. The molecule has 20 heavy (non-hydrogen) atoms. The molecular formula is C16H15FO3. The normalized spacial score (nSPS) is 11.9. The molecule has 2 rings (SSSR count). The third kappa shape index (κ3) is 3.35. The molecule has 0 amide bonds. The summed E-state index contributed by atoms with van der Waals surface area (Å²) in [6, 6.07) is 13.1. The van der Waals surface area contributed by atoms with Crippen LogP contribution in [0.4, 0.5) is 4.39 Å². The van der Waals surface area contributed by atoms with Crippen molar-refractivity contribution in [3.63, 3.8) is 0 Å². The van der Waals surface area contributed by atoms with Crippen molar-refractivity contribution in [2.24, 2.45) is 0 Å². The standard InChI is InChI=1S/C16H15FO3/c1-11-7-8-13(17)9-15(11)20-10-14(16(18)19)12-5-3-2-4-6-12/h2-9,14H,10H2,1H3,(H,18,19). The molecule has 0 fully saturated rings. The fraction of sp³-hybridized carbons (Fsp3) is 0.188. The van der Waals surface area contributed by atoms with Crippen molar-refractivity contribution in [3.8, 4) is 5.75 Å². The van der Waals surface area contributed by atoms with Crippen LogP contribution in [0.2, 0.25) is 0 Å². The SMILES string of the molecule is Cc1ccc(F)cc1OCC(C(=O)O)c1ccccc1. The van der Waals surface area contributed by atoms with Gasteiger partial charge in [-0.1, -0.05) is 36.4 Å². The molecule has 1 atom stereocenters. The molecule has 0 spiro atoms. The van der Waals surface area contributed by atoms with Gasteiger partial charge in [-0.05, 0) is 24.1 Å². The summed E-state index contributed by atoms with van der Waals surface area (Å²) in [4.78, 5) is 11.3. The molecule has 0 aromatic heterocycles. The predicted molar refractivity (Wildman–Crippen MR) is 73.5 cm³/mol. The first-order valence-corrected chi connectivity index (χ1v) is 6.24. The molecule has 104 valence electrons. The topological polar surface area (TPSA) is 46.5 Å². The Labute approximate surface area is 116 Å². The lowest BCUT2D eigenvalue weighted by molar-refractivity contribution is -0.139. The van der Waals surface area contributed by atoms with Gasteiger partial charge in [0.05, 0.1) is 0 Å². The molecule has 0 heterocycles. The summed E-state index contributed by atoms with van der Waals surface area (Å²) in [5, 5.41) is 9.27. The zero-order chi connectivity index (χ0) is 14.5. The van der Waals surface area contributed by atoms with Crippen LogP contribution in [0.3, 0.4) is 0 Å². The van der Waals surface area contributed by atoms with E-state index < -0.39 is 17.7 Å². The zero-order valence-corrected chi connectivity index (χ0v) is 11.0. The summed E-state index contributed by atoms with van der Waals surface area (Å²) >= 11 is 0. The number of carboxylic acids is 1. The van der Waals surface area contributed by atoms with Gasteiger partial charge in [0.2, 0.25) is 0 Å². The van der Waals surface area contributed by atoms with Crippen molar-refractivity contribution in [2.75, 3.05) is 6.61 Å².